The molecule has 0 bridgehead atoms. The summed E-state index contributed by atoms with van der Waals surface area (Å²) < 4.78 is 2.38. The Kier molecular flexibility index (Phi) is 8.91. The Morgan fingerprint density at radius 3 is 1.78 bits per heavy atom. The van der Waals surface area contributed by atoms with Gasteiger partial charge in [-0.2, -0.15) is 0 Å². The number of hydrogen-bond acceptors (Lipinski definition) is 1. The largest absolute Gasteiger partial charge is 0.310 e. The summed E-state index contributed by atoms with van der Waals surface area (Å²) in [4.78, 5) is 2.43. The first-order valence-corrected chi connectivity index (χ1v) is 23.3. The van der Waals surface area contributed by atoms with E-state index in [0.29, 0.717) is 0 Å². The second-order valence-electron chi connectivity index (χ2n) is 18.5. The summed E-state index contributed by atoms with van der Waals surface area (Å²) >= 11 is 0. The highest BCUT2D eigenvalue weighted by atomic mass is 15.1. The van der Waals surface area contributed by atoms with Crippen LogP contribution in [-0.4, -0.2) is 4.57 Å². The van der Waals surface area contributed by atoms with Crippen molar-refractivity contribution in [3.63, 3.8) is 0 Å². The summed E-state index contributed by atoms with van der Waals surface area (Å²) in [6, 6.07) is 89.4. The molecular formula is C65H46N2. The van der Waals surface area contributed by atoms with Gasteiger partial charge < -0.3 is 9.47 Å². The molecule has 0 unspecified atom stereocenters. The highest BCUT2D eigenvalue weighted by Crippen LogP contribution is 2.52. The number of benzene rings is 11. The maximum atomic E-state index is 2.43. The van der Waals surface area contributed by atoms with Crippen LogP contribution in [0.4, 0.5) is 17.1 Å². The number of para-hydroxylation sites is 2. The fourth-order valence-corrected chi connectivity index (χ4v) is 11.3. The Labute approximate surface area is 391 Å². The quantitative estimate of drug-likeness (QED) is 0.145. The first kappa shape index (κ1) is 39.0. The van der Waals surface area contributed by atoms with Crippen molar-refractivity contribution in [2.75, 3.05) is 4.90 Å². The average molecular weight is 855 g/mol. The smallest absolute Gasteiger partial charge is 0.0541 e. The number of hydrogen-bond donors (Lipinski definition) is 0. The summed E-state index contributed by atoms with van der Waals surface area (Å²) in [5.41, 5.74) is 19.4. The molecule has 1 heterocycles. The molecule has 316 valence electrons. The Hall–Kier alpha value is -8.46. The molecule has 1 aliphatic carbocycles. The van der Waals surface area contributed by atoms with Crippen molar-refractivity contribution in [1.82, 2.24) is 4.57 Å². The van der Waals surface area contributed by atoms with Crippen LogP contribution in [0.15, 0.2) is 243 Å². The predicted molar refractivity (Wildman–Crippen MR) is 284 cm³/mol. The first-order chi connectivity index (χ1) is 33.0. The molecular weight excluding hydrogens is 809 g/mol. The van der Waals surface area contributed by atoms with E-state index < -0.39 is 0 Å². The second-order valence-corrected chi connectivity index (χ2v) is 18.5. The molecule has 0 saturated carbocycles. The van der Waals surface area contributed by atoms with Gasteiger partial charge in [-0.15, -0.1) is 0 Å². The maximum absolute atomic E-state index is 2.43. The molecule has 1 aliphatic rings. The third-order valence-corrected chi connectivity index (χ3v) is 14.3. The van der Waals surface area contributed by atoms with Crippen LogP contribution in [-0.2, 0) is 5.41 Å². The minimum absolute atomic E-state index is 0.134. The third kappa shape index (κ3) is 6.25. The van der Waals surface area contributed by atoms with Gasteiger partial charge in [-0.05, 0) is 144 Å². The zero-order valence-electron chi connectivity index (χ0n) is 37.5. The van der Waals surface area contributed by atoms with Crippen molar-refractivity contribution < 1.29 is 0 Å². The Balaban J connectivity index is 0.955. The second kappa shape index (κ2) is 15.3. The van der Waals surface area contributed by atoms with Crippen LogP contribution in [0.2, 0.25) is 0 Å². The van der Waals surface area contributed by atoms with E-state index in [-0.39, 0.29) is 5.41 Å². The minimum Gasteiger partial charge on any atom is -0.310 e. The van der Waals surface area contributed by atoms with E-state index in [0.717, 1.165) is 28.3 Å². The molecule has 0 N–H and O–H groups in total. The lowest BCUT2D eigenvalue weighted by Crippen LogP contribution is -2.16. The molecule has 2 nitrogen and oxygen atoms in total. The molecule has 12 aromatic rings. The monoisotopic (exact) mass is 854 g/mol. The lowest BCUT2D eigenvalue weighted by molar-refractivity contribution is 0.662. The van der Waals surface area contributed by atoms with Crippen molar-refractivity contribution in [3.05, 3.63) is 254 Å². The molecule has 11 aromatic carbocycles. The topological polar surface area (TPSA) is 8.17 Å². The van der Waals surface area contributed by atoms with Crippen LogP contribution in [0, 0.1) is 0 Å². The maximum Gasteiger partial charge on any atom is 0.0541 e. The molecule has 0 atom stereocenters. The van der Waals surface area contributed by atoms with Crippen LogP contribution in [0.25, 0.3) is 93.5 Å². The van der Waals surface area contributed by atoms with Crippen LogP contribution >= 0.6 is 0 Å². The van der Waals surface area contributed by atoms with Crippen LogP contribution < -0.4 is 4.90 Å². The number of fused-ring (bicyclic) bond motifs is 9. The summed E-state index contributed by atoms with van der Waals surface area (Å²) in [6.07, 6.45) is 0. The van der Waals surface area contributed by atoms with Crippen molar-refractivity contribution in [2.45, 2.75) is 19.3 Å². The van der Waals surface area contributed by atoms with E-state index >= 15 is 0 Å². The third-order valence-electron chi connectivity index (χ3n) is 14.3. The summed E-state index contributed by atoms with van der Waals surface area (Å²) in [5.74, 6) is 0. The zero-order valence-corrected chi connectivity index (χ0v) is 37.5. The highest BCUT2D eigenvalue weighted by molar-refractivity contribution is 6.12. The fourth-order valence-electron chi connectivity index (χ4n) is 11.3. The molecule has 13 rings (SSSR count). The first-order valence-electron chi connectivity index (χ1n) is 23.3. The normalized spacial score (nSPS) is 12.7. The fraction of sp³-hybridized carbons (Fsp3) is 0.0462. The molecule has 67 heavy (non-hydrogen) atoms. The van der Waals surface area contributed by atoms with Crippen molar-refractivity contribution in [3.8, 4) is 50.2 Å². The molecule has 2 heteroatoms. The highest BCUT2D eigenvalue weighted by Gasteiger charge is 2.37. The van der Waals surface area contributed by atoms with Crippen LogP contribution in [0.5, 0.6) is 0 Å². The Morgan fingerprint density at radius 1 is 0.328 bits per heavy atom. The average Bonchev–Trinajstić information content (AvgIpc) is 3.84. The van der Waals surface area contributed by atoms with Gasteiger partial charge in [0.1, 0.15) is 0 Å². The molecule has 0 saturated heterocycles. The molecule has 0 amide bonds. The Bertz CT molecular complexity index is 3890. The summed E-state index contributed by atoms with van der Waals surface area (Å²) in [7, 11) is 0. The lowest BCUT2D eigenvalue weighted by atomic mass is 9.79. The predicted octanol–water partition coefficient (Wildman–Crippen LogP) is 17.9. The Morgan fingerprint density at radius 2 is 0.925 bits per heavy atom. The van der Waals surface area contributed by atoms with Crippen molar-refractivity contribution in [2.24, 2.45) is 0 Å². The molecule has 0 spiro atoms. The van der Waals surface area contributed by atoms with Crippen molar-refractivity contribution >= 4 is 60.4 Å². The van der Waals surface area contributed by atoms with E-state index in [2.05, 4.69) is 266 Å². The number of rotatable bonds is 7. The minimum atomic E-state index is -0.134. The van der Waals surface area contributed by atoms with Gasteiger partial charge in [0.2, 0.25) is 0 Å². The lowest BCUT2D eigenvalue weighted by Gasteiger charge is -2.28. The number of nitrogens with zero attached hydrogens (tertiary/aromatic N) is 2. The van der Waals surface area contributed by atoms with Gasteiger partial charge in [-0.1, -0.05) is 190 Å². The molecule has 0 aliphatic heterocycles. The van der Waals surface area contributed by atoms with Gasteiger partial charge >= 0.3 is 0 Å². The molecule has 0 radical (unpaired) electrons. The van der Waals surface area contributed by atoms with Gasteiger partial charge in [-0.3, -0.25) is 0 Å². The zero-order chi connectivity index (χ0) is 44.6. The van der Waals surface area contributed by atoms with Gasteiger partial charge in [-0.25, -0.2) is 0 Å². The van der Waals surface area contributed by atoms with Gasteiger partial charge in [0, 0.05) is 38.9 Å². The number of anilines is 3. The standard InChI is InChI=1S/C65H46N2/c1-65(2)61-30-10-8-24-57(61)59-29-15-27-54(64(59)65)47-18-13-22-51(41-47)66(49-36-32-44(33-37-49)53-26-14-28-55-52-23-7-6-16-43(52)34-38-56(53)55)50-21-12-17-45(40-50)46-35-39-63-60(42-46)58-25-9-11-31-62(58)67(63)48-19-4-3-5-20-48/h3-42H,1-2H3. The van der Waals surface area contributed by atoms with E-state index in [1.165, 1.54) is 93.4 Å². The van der Waals surface area contributed by atoms with Crippen LogP contribution in [0.1, 0.15) is 25.0 Å². The van der Waals surface area contributed by atoms with E-state index in [1.54, 1.807) is 0 Å². The van der Waals surface area contributed by atoms with E-state index in [4.69, 9.17) is 0 Å². The number of aromatic nitrogens is 1. The SMILES string of the molecule is CC1(C)c2ccccc2-c2cccc(-c3cccc(N(c4ccc(-c5cccc6c5ccc5ccccc56)cc4)c4cccc(-c5ccc6c(c5)c5ccccc5n6-c5ccccc5)c4)c3)c21. The van der Waals surface area contributed by atoms with Gasteiger partial charge in [0.05, 0.1) is 11.0 Å². The van der Waals surface area contributed by atoms with Crippen molar-refractivity contribution in [1.29, 1.82) is 0 Å². The van der Waals surface area contributed by atoms with E-state index in [9.17, 15) is 0 Å². The summed E-state index contributed by atoms with van der Waals surface area (Å²) in [6.45, 7) is 4.75. The molecule has 1 aromatic heterocycles. The van der Waals surface area contributed by atoms with E-state index in [1.807, 2.05) is 0 Å². The van der Waals surface area contributed by atoms with Crippen LogP contribution in [0.3, 0.4) is 0 Å². The molecule has 0 fully saturated rings. The van der Waals surface area contributed by atoms with Gasteiger partial charge in [0.25, 0.3) is 0 Å². The van der Waals surface area contributed by atoms with Gasteiger partial charge in [0.15, 0.2) is 0 Å². The summed E-state index contributed by atoms with van der Waals surface area (Å²) in [5, 5.41) is 7.56.